The van der Waals surface area contributed by atoms with Crippen LogP contribution in [0.1, 0.15) is 22.3 Å². The summed E-state index contributed by atoms with van der Waals surface area (Å²) in [5.74, 6) is -2.34. The highest BCUT2D eigenvalue weighted by atomic mass is 19.4. The largest absolute Gasteiger partial charge is 0.419 e. The number of fused-ring (bicyclic) bond motifs is 1. The molecule has 1 aliphatic heterocycles. The number of benzene rings is 2. The van der Waals surface area contributed by atoms with Crippen LogP contribution in [-0.4, -0.2) is 58.3 Å². The minimum Gasteiger partial charge on any atom is -0.408 e. The zero-order valence-corrected chi connectivity index (χ0v) is 18.6. The lowest BCUT2D eigenvalue weighted by atomic mass is 10.1. The second-order valence-electron chi connectivity index (χ2n) is 8.05. The van der Waals surface area contributed by atoms with Gasteiger partial charge in [-0.15, -0.1) is 0 Å². The molecule has 0 saturated carbocycles. The minimum atomic E-state index is -4.66. The molecule has 1 N–H and O–H groups in total. The summed E-state index contributed by atoms with van der Waals surface area (Å²) in [6.07, 6.45) is -5.11. The number of anilines is 1. The maximum Gasteiger partial charge on any atom is 0.419 e. The molecule has 0 unspecified atom stereocenters. The molecule has 1 aromatic heterocycles. The van der Waals surface area contributed by atoms with Gasteiger partial charge in [-0.05, 0) is 30.3 Å². The van der Waals surface area contributed by atoms with Gasteiger partial charge in [-0.3, -0.25) is 19.0 Å². The number of carbonyl (C=O) groups excluding carboxylic acids is 3. The number of oxazole rings is 1. The highest BCUT2D eigenvalue weighted by Crippen LogP contribution is 2.32. The van der Waals surface area contributed by atoms with E-state index in [9.17, 15) is 32.3 Å². The number of rotatable bonds is 4. The Morgan fingerprint density at radius 2 is 1.66 bits per heavy atom. The number of aryl methyl sites for hydroxylation is 1. The number of carbonyl (C=O) groups is 3. The van der Waals surface area contributed by atoms with Crippen molar-refractivity contribution in [3.05, 3.63) is 64.1 Å². The summed E-state index contributed by atoms with van der Waals surface area (Å²) in [5.41, 5.74) is -0.227. The molecule has 2 heterocycles. The Bertz CT molecular complexity index is 1350. The average molecular weight is 490 g/mol. The number of amides is 3. The van der Waals surface area contributed by atoms with Crippen molar-refractivity contribution in [1.82, 2.24) is 14.4 Å². The van der Waals surface area contributed by atoms with Crippen LogP contribution < -0.4 is 11.1 Å². The number of alkyl halides is 3. The van der Waals surface area contributed by atoms with Gasteiger partial charge >= 0.3 is 11.9 Å². The molecule has 3 amide bonds. The predicted octanol–water partition coefficient (Wildman–Crippen LogP) is 2.46. The van der Waals surface area contributed by atoms with Gasteiger partial charge in [-0.2, -0.15) is 13.2 Å². The van der Waals surface area contributed by atoms with Crippen LogP contribution in [0.3, 0.4) is 0 Å². The van der Waals surface area contributed by atoms with E-state index in [1.807, 2.05) is 0 Å². The van der Waals surface area contributed by atoms with Gasteiger partial charge in [-0.1, -0.05) is 12.1 Å². The van der Waals surface area contributed by atoms with E-state index < -0.39 is 47.2 Å². The summed E-state index contributed by atoms with van der Waals surface area (Å²) in [6.45, 7) is 0.275. The molecule has 4 rings (SSSR count). The molecule has 35 heavy (non-hydrogen) atoms. The SMILES string of the molecule is Cn1c(=O)oc2ccc(NC(=O)CC(=O)N3CCN(C(=O)c4ccccc4C(F)(F)F)CC3)cc21. The molecule has 0 spiro atoms. The number of aromatic nitrogens is 1. The van der Waals surface area contributed by atoms with Crippen LogP contribution in [0.25, 0.3) is 11.1 Å². The number of hydrogen-bond acceptors (Lipinski definition) is 5. The molecule has 12 heteroatoms. The average Bonchev–Trinajstić information content (AvgIpc) is 3.11. The molecular formula is C23H21F3N4O5. The Kier molecular flexibility index (Phi) is 6.37. The molecule has 184 valence electrons. The highest BCUT2D eigenvalue weighted by Gasteiger charge is 2.36. The van der Waals surface area contributed by atoms with Gasteiger partial charge in [0, 0.05) is 38.9 Å². The Hall–Kier alpha value is -4.09. The van der Waals surface area contributed by atoms with Crippen molar-refractivity contribution in [3.63, 3.8) is 0 Å². The molecule has 3 aromatic rings. The van der Waals surface area contributed by atoms with Gasteiger partial charge in [0.1, 0.15) is 6.42 Å². The van der Waals surface area contributed by atoms with E-state index in [4.69, 9.17) is 4.42 Å². The van der Waals surface area contributed by atoms with Gasteiger partial charge in [-0.25, -0.2) is 4.79 Å². The van der Waals surface area contributed by atoms with E-state index in [1.54, 1.807) is 6.07 Å². The lowest BCUT2D eigenvalue weighted by molar-refractivity contribution is -0.138. The first kappa shape index (κ1) is 24.0. The fourth-order valence-electron chi connectivity index (χ4n) is 3.90. The van der Waals surface area contributed by atoms with E-state index in [0.29, 0.717) is 16.8 Å². The normalized spacial score (nSPS) is 14.3. The molecule has 9 nitrogen and oxygen atoms in total. The number of piperazine rings is 1. The molecule has 0 aliphatic carbocycles. The van der Waals surface area contributed by atoms with Crippen molar-refractivity contribution in [3.8, 4) is 0 Å². The maximum atomic E-state index is 13.2. The Balaban J connectivity index is 1.33. The fraction of sp³-hybridized carbons (Fsp3) is 0.304. The van der Waals surface area contributed by atoms with Crippen LogP contribution in [-0.2, 0) is 22.8 Å². The Labute approximate surface area is 196 Å². The van der Waals surface area contributed by atoms with E-state index in [0.717, 1.165) is 12.1 Å². The summed E-state index contributed by atoms with van der Waals surface area (Å²) in [6, 6.07) is 9.19. The number of nitrogens with one attached hydrogen (secondary N) is 1. The lowest BCUT2D eigenvalue weighted by Crippen LogP contribution is -2.51. The first-order chi connectivity index (χ1) is 16.5. The Morgan fingerprint density at radius 1 is 1.00 bits per heavy atom. The van der Waals surface area contributed by atoms with Crippen LogP contribution in [0.5, 0.6) is 0 Å². The monoisotopic (exact) mass is 490 g/mol. The summed E-state index contributed by atoms with van der Waals surface area (Å²) >= 11 is 0. The van der Waals surface area contributed by atoms with Crippen molar-refractivity contribution in [2.24, 2.45) is 7.05 Å². The summed E-state index contributed by atoms with van der Waals surface area (Å²) in [4.78, 5) is 51.8. The predicted molar refractivity (Wildman–Crippen MR) is 119 cm³/mol. The standard InChI is InChI=1S/C23H21F3N4O5/c1-28-17-12-14(6-7-18(17)35-22(28)34)27-19(31)13-20(32)29-8-10-30(11-9-29)21(33)15-4-2-3-5-16(15)23(24,25)26/h2-7,12H,8-11,13H2,1H3,(H,27,31). The summed E-state index contributed by atoms with van der Waals surface area (Å²) in [5, 5.41) is 2.59. The highest BCUT2D eigenvalue weighted by molar-refractivity contribution is 6.04. The van der Waals surface area contributed by atoms with Crippen molar-refractivity contribution < 1.29 is 32.0 Å². The lowest BCUT2D eigenvalue weighted by Gasteiger charge is -2.35. The smallest absolute Gasteiger partial charge is 0.408 e. The van der Waals surface area contributed by atoms with Crippen LogP contribution >= 0.6 is 0 Å². The molecule has 1 saturated heterocycles. The first-order valence-electron chi connectivity index (χ1n) is 10.7. The van der Waals surface area contributed by atoms with Crippen molar-refractivity contribution in [2.45, 2.75) is 12.6 Å². The fourth-order valence-corrected chi connectivity index (χ4v) is 3.90. The Morgan fingerprint density at radius 3 is 2.34 bits per heavy atom. The third-order valence-electron chi connectivity index (χ3n) is 5.77. The van der Waals surface area contributed by atoms with Gasteiger partial charge in [0.05, 0.1) is 16.6 Å². The zero-order valence-electron chi connectivity index (χ0n) is 18.6. The second kappa shape index (κ2) is 9.28. The van der Waals surface area contributed by atoms with Crippen molar-refractivity contribution >= 4 is 34.5 Å². The van der Waals surface area contributed by atoms with E-state index in [1.165, 1.54) is 45.7 Å². The quantitative estimate of drug-likeness (QED) is 0.566. The van der Waals surface area contributed by atoms with Gasteiger partial charge in [0.2, 0.25) is 11.8 Å². The molecule has 1 fully saturated rings. The first-order valence-corrected chi connectivity index (χ1v) is 10.7. The summed E-state index contributed by atoms with van der Waals surface area (Å²) in [7, 11) is 1.52. The van der Waals surface area contributed by atoms with Gasteiger partial charge in [0.15, 0.2) is 5.58 Å². The summed E-state index contributed by atoms with van der Waals surface area (Å²) < 4.78 is 46.0. The zero-order chi connectivity index (χ0) is 25.3. The van der Waals surface area contributed by atoms with Gasteiger partial charge in [0.25, 0.3) is 5.91 Å². The number of nitrogens with zero attached hydrogens (tertiary/aromatic N) is 3. The van der Waals surface area contributed by atoms with Crippen molar-refractivity contribution in [2.75, 3.05) is 31.5 Å². The molecule has 1 aliphatic rings. The number of hydrogen-bond donors (Lipinski definition) is 1. The van der Waals surface area contributed by atoms with E-state index >= 15 is 0 Å². The molecular weight excluding hydrogens is 469 g/mol. The van der Waals surface area contributed by atoms with Crippen LogP contribution in [0.4, 0.5) is 18.9 Å². The molecule has 0 radical (unpaired) electrons. The molecule has 2 aromatic carbocycles. The van der Waals surface area contributed by atoms with E-state index in [2.05, 4.69) is 5.32 Å². The topological polar surface area (TPSA) is 105 Å². The maximum absolute atomic E-state index is 13.2. The van der Waals surface area contributed by atoms with Crippen LogP contribution in [0.15, 0.2) is 51.7 Å². The molecule has 0 bridgehead atoms. The second-order valence-corrected chi connectivity index (χ2v) is 8.05. The van der Waals surface area contributed by atoms with E-state index in [-0.39, 0.29) is 26.2 Å². The third-order valence-corrected chi connectivity index (χ3v) is 5.77. The van der Waals surface area contributed by atoms with Crippen molar-refractivity contribution in [1.29, 1.82) is 0 Å². The molecule has 0 atom stereocenters. The van der Waals surface area contributed by atoms with Gasteiger partial charge < -0.3 is 19.5 Å². The third kappa shape index (κ3) is 5.05. The minimum absolute atomic E-state index is 0.0452. The van der Waals surface area contributed by atoms with Crippen LogP contribution in [0.2, 0.25) is 0 Å². The number of halogens is 3. The van der Waals surface area contributed by atoms with Crippen LogP contribution in [0, 0.1) is 0 Å².